The van der Waals surface area contributed by atoms with Crippen molar-refractivity contribution in [1.82, 2.24) is 0 Å². The highest BCUT2D eigenvalue weighted by Gasteiger charge is 1.86. The Labute approximate surface area is 85.0 Å². The quantitative estimate of drug-likeness (QED) is 0.410. The summed E-state index contributed by atoms with van der Waals surface area (Å²) in [5.74, 6) is 10.1. The third-order valence-corrected chi connectivity index (χ3v) is 1.46. The molecule has 0 aliphatic rings. The lowest BCUT2D eigenvalue weighted by molar-refractivity contribution is -0.131. The maximum atomic E-state index is 10.1. The molecule has 14 heavy (non-hydrogen) atoms. The van der Waals surface area contributed by atoms with E-state index in [1.165, 1.54) is 6.08 Å². The number of aliphatic carboxylic acids is 1. The summed E-state index contributed by atoms with van der Waals surface area (Å²) in [6.07, 6.45) is 6.43. The fourth-order valence-electron chi connectivity index (χ4n) is 0.829. The molecule has 74 valence electrons. The summed E-state index contributed by atoms with van der Waals surface area (Å²) in [5, 5.41) is 8.29. The Balaban J connectivity index is 3.34. The lowest BCUT2D eigenvalue weighted by atomic mass is 10.2. The third kappa shape index (κ3) is 10.3. The normalized spacial score (nSPS) is 8.64. The van der Waals surface area contributed by atoms with Crippen molar-refractivity contribution in [2.45, 2.75) is 32.6 Å². The molecule has 0 saturated heterocycles. The molecule has 1 N–H and O–H groups in total. The van der Waals surface area contributed by atoms with Crippen LogP contribution in [-0.2, 0) is 4.79 Å². The number of hydrogen-bond acceptors (Lipinski definition) is 1. The minimum absolute atomic E-state index is 0.799. The monoisotopic (exact) mass is 190 g/mol. The average molecular weight is 190 g/mol. The number of carboxylic acids is 1. The first-order chi connectivity index (χ1) is 6.77. The molecule has 0 saturated carbocycles. The summed E-state index contributed by atoms with van der Waals surface area (Å²) in [6.45, 7) is 1.76. The van der Waals surface area contributed by atoms with Gasteiger partial charge in [-0.15, -0.1) is 0 Å². The van der Waals surface area contributed by atoms with E-state index in [4.69, 9.17) is 5.11 Å². The van der Waals surface area contributed by atoms with Crippen molar-refractivity contribution < 1.29 is 9.90 Å². The van der Waals surface area contributed by atoms with Crippen LogP contribution in [0.3, 0.4) is 0 Å². The molecule has 0 aliphatic carbocycles. The van der Waals surface area contributed by atoms with Crippen LogP contribution in [-0.4, -0.2) is 11.1 Å². The zero-order valence-electron chi connectivity index (χ0n) is 8.34. The van der Waals surface area contributed by atoms with E-state index in [0.717, 1.165) is 25.7 Å². The number of rotatable bonds is 5. The first-order valence-corrected chi connectivity index (χ1v) is 4.56. The van der Waals surface area contributed by atoms with Crippen molar-refractivity contribution >= 4 is 5.97 Å². The van der Waals surface area contributed by atoms with Crippen LogP contribution < -0.4 is 0 Å². The Bertz CT molecular complexity index is 305. The standard InChI is InChI=1S/C12H14O2/c1-2-3-4-5-6-7-8-9-10-11-12(13)14/h10-11H,6-9H2,1H3,(H,13,14)/b11-10+. The molecule has 0 aromatic heterocycles. The van der Waals surface area contributed by atoms with Gasteiger partial charge >= 0.3 is 5.97 Å². The molecule has 0 aromatic carbocycles. The predicted molar refractivity (Wildman–Crippen MR) is 56.5 cm³/mol. The van der Waals surface area contributed by atoms with Crippen molar-refractivity contribution in [2.75, 3.05) is 0 Å². The van der Waals surface area contributed by atoms with E-state index < -0.39 is 5.97 Å². The lowest BCUT2D eigenvalue weighted by Gasteiger charge is -1.89. The Hall–Kier alpha value is -1.67. The van der Waals surface area contributed by atoms with Crippen molar-refractivity contribution in [3.63, 3.8) is 0 Å². The molecule has 0 unspecified atom stereocenters. The number of allylic oxidation sites excluding steroid dienone is 1. The van der Waals surface area contributed by atoms with Crippen molar-refractivity contribution in [2.24, 2.45) is 0 Å². The molecule has 0 aliphatic heterocycles. The number of hydrogen-bond donors (Lipinski definition) is 1. The Morgan fingerprint density at radius 3 is 2.79 bits per heavy atom. The summed E-state index contributed by atoms with van der Waals surface area (Å²) in [5.41, 5.74) is 0. The van der Waals surface area contributed by atoms with Gasteiger partial charge in [-0.1, -0.05) is 17.9 Å². The number of carbonyl (C=O) groups is 1. The number of carboxylic acid groups (broad SMARTS) is 1. The van der Waals surface area contributed by atoms with E-state index in [1.807, 2.05) is 0 Å². The Morgan fingerprint density at radius 2 is 2.14 bits per heavy atom. The SMILES string of the molecule is CC#CC#CCCCC/C=C/C(=O)O. The van der Waals surface area contributed by atoms with Crippen LogP contribution in [0.15, 0.2) is 12.2 Å². The molecule has 0 heterocycles. The lowest BCUT2D eigenvalue weighted by Crippen LogP contribution is -1.85. The summed E-state index contributed by atoms with van der Waals surface area (Å²) in [7, 11) is 0. The summed E-state index contributed by atoms with van der Waals surface area (Å²) < 4.78 is 0. The van der Waals surface area contributed by atoms with Crippen molar-refractivity contribution in [3.8, 4) is 23.7 Å². The fraction of sp³-hybridized carbons (Fsp3) is 0.417. The molecule has 0 amide bonds. The van der Waals surface area contributed by atoms with Gasteiger partial charge in [-0.2, -0.15) is 0 Å². The van der Waals surface area contributed by atoms with Gasteiger partial charge in [0.1, 0.15) is 0 Å². The van der Waals surface area contributed by atoms with E-state index in [1.54, 1.807) is 13.0 Å². The van der Waals surface area contributed by atoms with Gasteiger partial charge < -0.3 is 5.11 Å². The summed E-state index contributed by atoms with van der Waals surface area (Å²) in [4.78, 5) is 10.1. The molecule has 0 fully saturated rings. The first kappa shape index (κ1) is 12.3. The van der Waals surface area contributed by atoms with Gasteiger partial charge in [0.15, 0.2) is 0 Å². The molecule has 0 bridgehead atoms. The zero-order valence-corrected chi connectivity index (χ0v) is 8.34. The smallest absolute Gasteiger partial charge is 0.327 e. The minimum Gasteiger partial charge on any atom is -0.478 e. The van der Waals surface area contributed by atoms with Crippen molar-refractivity contribution in [1.29, 1.82) is 0 Å². The maximum Gasteiger partial charge on any atom is 0.327 e. The zero-order chi connectivity index (χ0) is 10.6. The van der Waals surface area contributed by atoms with E-state index >= 15 is 0 Å². The van der Waals surface area contributed by atoms with Crippen LogP contribution in [0.2, 0.25) is 0 Å². The molecule has 0 rings (SSSR count). The van der Waals surface area contributed by atoms with E-state index in [2.05, 4.69) is 23.7 Å². The number of unbranched alkanes of at least 4 members (excludes halogenated alkanes) is 3. The van der Waals surface area contributed by atoms with Crippen LogP contribution >= 0.6 is 0 Å². The van der Waals surface area contributed by atoms with Crippen molar-refractivity contribution in [3.05, 3.63) is 12.2 Å². The van der Waals surface area contributed by atoms with E-state index in [-0.39, 0.29) is 0 Å². The van der Waals surface area contributed by atoms with Crippen LogP contribution in [0.4, 0.5) is 0 Å². The van der Waals surface area contributed by atoms with Gasteiger partial charge in [-0.3, -0.25) is 0 Å². The predicted octanol–water partition coefficient (Wildman–Crippen LogP) is 2.21. The van der Waals surface area contributed by atoms with E-state index in [0.29, 0.717) is 0 Å². The molecule has 0 spiro atoms. The van der Waals surface area contributed by atoms with E-state index in [9.17, 15) is 4.79 Å². The third-order valence-electron chi connectivity index (χ3n) is 1.46. The molecular weight excluding hydrogens is 176 g/mol. The largest absolute Gasteiger partial charge is 0.478 e. The van der Waals surface area contributed by atoms with Gasteiger partial charge in [0.25, 0.3) is 0 Å². The molecular formula is C12H14O2. The highest BCUT2D eigenvalue weighted by atomic mass is 16.4. The van der Waals surface area contributed by atoms with Crippen LogP contribution in [0, 0.1) is 23.7 Å². The molecule has 0 radical (unpaired) electrons. The van der Waals surface area contributed by atoms with Gasteiger partial charge in [0.2, 0.25) is 0 Å². The first-order valence-electron chi connectivity index (χ1n) is 4.56. The molecule has 2 heteroatoms. The second-order valence-electron chi connectivity index (χ2n) is 2.66. The van der Waals surface area contributed by atoms with Crippen LogP contribution in [0.1, 0.15) is 32.6 Å². The topological polar surface area (TPSA) is 37.3 Å². The Kier molecular flexibility index (Phi) is 8.29. The van der Waals surface area contributed by atoms with Gasteiger partial charge in [0, 0.05) is 12.5 Å². The highest BCUT2D eigenvalue weighted by molar-refractivity contribution is 5.79. The Morgan fingerprint density at radius 1 is 1.36 bits per heavy atom. The van der Waals surface area contributed by atoms with Crippen LogP contribution in [0.25, 0.3) is 0 Å². The second-order valence-corrected chi connectivity index (χ2v) is 2.66. The second kappa shape index (κ2) is 9.42. The average Bonchev–Trinajstić information content (AvgIpc) is 2.15. The maximum absolute atomic E-state index is 10.1. The van der Waals surface area contributed by atoms with Gasteiger partial charge in [-0.05, 0) is 38.0 Å². The molecule has 0 atom stereocenters. The fourth-order valence-corrected chi connectivity index (χ4v) is 0.829. The highest BCUT2D eigenvalue weighted by Crippen LogP contribution is 1.99. The molecule has 0 aromatic rings. The summed E-state index contributed by atoms with van der Waals surface area (Å²) >= 11 is 0. The minimum atomic E-state index is -0.886. The summed E-state index contributed by atoms with van der Waals surface area (Å²) in [6, 6.07) is 0. The molecule has 2 nitrogen and oxygen atoms in total. The van der Waals surface area contributed by atoms with Gasteiger partial charge in [0.05, 0.1) is 0 Å². The van der Waals surface area contributed by atoms with Crippen LogP contribution in [0.5, 0.6) is 0 Å². The van der Waals surface area contributed by atoms with Gasteiger partial charge in [-0.25, -0.2) is 4.79 Å².